The summed E-state index contributed by atoms with van der Waals surface area (Å²) in [6, 6.07) is 2.28. The number of nitriles is 1. The second-order valence-corrected chi connectivity index (χ2v) is 3.82. The molecule has 12 heavy (non-hydrogen) atoms. The number of hydrogen-bond donors (Lipinski definition) is 0. The van der Waals surface area contributed by atoms with Crippen molar-refractivity contribution in [1.29, 1.82) is 5.26 Å². The fraction of sp³-hybridized carbons (Fsp3) is 0.900. The zero-order valence-electron chi connectivity index (χ0n) is 8.67. The van der Waals surface area contributed by atoms with Crippen LogP contribution in [-0.4, -0.2) is 24.5 Å². The summed E-state index contributed by atoms with van der Waals surface area (Å²) in [7, 11) is 2.01. The van der Waals surface area contributed by atoms with Crippen LogP contribution >= 0.6 is 0 Å². The van der Waals surface area contributed by atoms with Crippen molar-refractivity contribution >= 4 is 0 Å². The molecule has 2 nitrogen and oxygen atoms in total. The van der Waals surface area contributed by atoms with Gasteiger partial charge in [0.2, 0.25) is 0 Å². The predicted octanol–water partition coefficient (Wildman–Crippen LogP) is 2.27. The molecule has 0 aromatic heterocycles. The molecule has 0 aromatic carbocycles. The van der Waals surface area contributed by atoms with Gasteiger partial charge in [-0.25, -0.2) is 0 Å². The summed E-state index contributed by atoms with van der Waals surface area (Å²) in [5.41, 5.74) is 0. The van der Waals surface area contributed by atoms with E-state index in [1.165, 1.54) is 12.8 Å². The minimum Gasteiger partial charge on any atom is -0.291 e. The lowest BCUT2D eigenvalue weighted by Gasteiger charge is -2.18. The SMILES string of the molecule is CC(C)CCCN(C)C(C)C#N. The number of hydrogen-bond acceptors (Lipinski definition) is 2. The first-order valence-electron chi connectivity index (χ1n) is 4.67. The van der Waals surface area contributed by atoms with Crippen molar-refractivity contribution < 1.29 is 0 Å². The maximum absolute atomic E-state index is 8.62. The van der Waals surface area contributed by atoms with Crippen LogP contribution in [0.2, 0.25) is 0 Å². The van der Waals surface area contributed by atoms with Gasteiger partial charge in [0.1, 0.15) is 0 Å². The summed E-state index contributed by atoms with van der Waals surface area (Å²) in [5, 5.41) is 8.62. The molecule has 1 atom stereocenters. The summed E-state index contributed by atoms with van der Waals surface area (Å²) in [4.78, 5) is 2.10. The molecular formula is C10H20N2. The van der Waals surface area contributed by atoms with Crippen LogP contribution in [0.4, 0.5) is 0 Å². The van der Waals surface area contributed by atoms with E-state index in [0.29, 0.717) is 0 Å². The van der Waals surface area contributed by atoms with E-state index in [2.05, 4.69) is 24.8 Å². The van der Waals surface area contributed by atoms with Gasteiger partial charge in [0.25, 0.3) is 0 Å². The van der Waals surface area contributed by atoms with Gasteiger partial charge in [-0.2, -0.15) is 5.26 Å². The molecule has 2 heteroatoms. The molecule has 0 rings (SSSR count). The Balaban J connectivity index is 3.45. The van der Waals surface area contributed by atoms with E-state index < -0.39 is 0 Å². The van der Waals surface area contributed by atoms with Crippen LogP contribution in [0.3, 0.4) is 0 Å². The van der Waals surface area contributed by atoms with Crippen molar-refractivity contribution in [3.8, 4) is 6.07 Å². The third-order valence-electron chi connectivity index (χ3n) is 2.14. The molecule has 0 saturated carbocycles. The van der Waals surface area contributed by atoms with Gasteiger partial charge in [-0.05, 0) is 39.3 Å². The third kappa shape index (κ3) is 5.15. The van der Waals surface area contributed by atoms with Gasteiger partial charge in [-0.15, -0.1) is 0 Å². The van der Waals surface area contributed by atoms with E-state index >= 15 is 0 Å². The summed E-state index contributed by atoms with van der Waals surface area (Å²) in [6.07, 6.45) is 2.45. The Hall–Kier alpha value is -0.550. The van der Waals surface area contributed by atoms with Crippen molar-refractivity contribution in [3.05, 3.63) is 0 Å². The Morgan fingerprint density at radius 2 is 1.92 bits per heavy atom. The van der Waals surface area contributed by atoms with E-state index in [4.69, 9.17) is 5.26 Å². The minimum atomic E-state index is 0.0529. The van der Waals surface area contributed by atoms with Crippen LogP contribution in [0.15, 0.2) is 0 Å². The largest absolute Gasteiger partial charge is 0.291 e. The number of nitrogens with zero attached hydrogens (tertiary/aromatic N) is 2. The molecule has 0 bridgehead atoms. The minimum absolute atomic E-state index is 0.0529. The molecule has 0 radical (unpaired) electrons. The van der Waals surface area contributed by atoms with E-state index in [1.54, 1.807) is 0 Å². The topological polar surface area (TPSA) is 27.0 Å². The quantitative estimate of drug-likeness (QED) is 0.629. The molecule has 0 N–H and O–H groups in total. The van der Waals surface area contributed by atoms with Gasteiger partial charge in [-0.3, -0.25) is 4.90 Å². The average Bonchev–Trinajstić information content (AvgIpc) is 2.02. The van der Waals surface area contributed by atoms with Gasteiger partial charge in [-0.1, -0.05) is 13.8 Å². The molecule has 1 unspecified atom stereocenters. The van der Waals surface area contributed by atoms with Gasteiger partial charge < -0.3 is 0 Å². The van der Waals surface area contributed by atoms with Crippen LogP contribution in [0.1, 0.15) is 33.6 Å². The average molecular weight is 168 g/mol. The van der Waals surface area contributed by atoms with E-state index in [1.807, 2.05) is 14.0 Å². The third-order valence-corrected chi connectivity index (χ3v) is 2.14. The van der Waals surface area contributed by atoms with Crippen molar-refractivity contribution in [2.24, 2.45) is 5.92 Å². The van der Waals surface area contributed by atoms with Gasteiger partial charge in [0.15, 0.2) is 0 Å². The molecule has 0 aliphatic heterocycles. The zero-order valence-corrected chi connectivity index (χ0v) is 8.67. The fourth-order valence-electron chi connectivity index (χ4n) is 1.04. The Morgan fingerprint density at radius 1 is 1.33 bits per heavy atom. The highest BCUT2D eigenvalue weighted by Crippen LogP contribution is 2.05. The lowest BCUT2D eigenvalue weighted by atomic mass is 10.1. The molecule has 0 aliphatic rings. The molecular weight excluding hydrogens is 148 g/mol. The molecule has 70 valence electrons. The normalized spacial score (nSPS) is 13.4. The first-order chi connectivity index (χ1) is 5.57. The molecule has 0 aromatic rings. The van der Waals surface area contributed by atoms with Gasteiger partial charge in [0, 0.05) is 0 Å². The highest BCUT2D eigenvalue weighted by Gasteiger charge is 2.06. The highest BCUT2D eigenvalue weighted by atomic mass is 15.1. The second-order valence-electron chi connectivity index (χ2n) is 3.82. The molecule has 0 spiro atoms. The van der Waals surface area contributed by atoms with E-state index in [-0.39, 0.29) is 6.04 Å². The first kappa shape index (κ1) is 11.4. The molecule has 0 amide bonds. The summed E-state index contributed by atoms with van der Waals surface area (Å²) in [5.74, 6) is 0.774. The Morgan fingerprint density at radius 3 is 2.33 bits per heavy atom. The van der Waals surface area contributed by atoms with Crippen LogP contribution in [0, 0.1) is 17.2 Å². The number of rotatable bonds is 5. The summed E-state index contributed by atoms with van der Waals surface area (Å²) < 4.78 is 0. The first-order valence-corrected chi connectivity index (χ1v) is 4.67. The smallest absolute Gasteiger partial charge is 0.0946 e. The predicted molar refractivity (Wildman–Crippen MR) is 51.8 cm³/mol. The lowest BCUT2D eigenvalue weighted by molar-refractivity contribution is 0.289. The van der Waals surface area contributed by atoms with Crippen molar-refractivity contribution in [2.45, 2.75) is 39.7 Å². The standard InChI is InChI=1S/C10H20N2/c1-9(2)6-5-7-12(4)10(3)8-11/h9-10H,5-7H2,1-4H3. The molecule has 0 heterocycles. The Bertz CT molecular complexity index is 146. The lowest BCUT2D eigenvalue weighted by Crippen LogP contribution is -2.28. The van der Waals surface area contributed by atoms with Crippen LogP contribution < -0.4 is 0 Å². The van der Waals surface area contributed by atoms with Gasteiger partial charge in [0.05, 0.1) is 12.1 Å². The van der Waals surface area contributed by atoms with Crippen LogP contribution in [0.25, 0.3) is 0 Å². The zero-order chi connectivity index (χ0) is 9.56. The van der Waals surface area contributed by atoms with Gasteiger partial charge >= 0.3 is 0 Å². The maximum Gasteiger partial charge on any atom is 0.0946 e. The van der Waals surface area contributed by atoms with Crippen molar-refractivity contribution in [3.63, 3.8) is 0 Å². The summed E-state index contributed by atoms with van der Waals surface area (Å²) in [6.45, 7) is 7.43. The molecule has 0 aliphatic carbocycles. The molecule has 0 fully saturated rings. The highest BCUT2D eigenvalue weighted by molar-refractivity contribution is 4.86. The molecule has 0 saturated heterocycles. The fourth-order valence-corrected chi connectivity index (χ4v) is 1.04. The van der Waals surface area contributed by atoms with Crippen LogP contribution in [0.5, 0.6) is 0 Å². The van der Waals surface area contributed by atoms with Crippen molar-refractivity contribution in [1.82, 2.24) is 4.90 Å². The van der Waals surface area contributed by atoms with E-state index in [9.17, 15) is 0 Å². The van der Waals surface area contributed by atoms with Crippen molar-refractivity contribution in [2.75, 3.05) is 13.6 Å². The monoisotopic (exact) mass is 168 g/mol. The Kier molecular flexibility index (Phi) is 5.74. The van der Waals surface area contributed by atoms with E-state index in [0.717, 1.165) is 12.5 Å². The van der Waals surface area contributed by atoms with Crippen LogP contribution in [-0.2, 0) is 0 Å². The maximum atomic E-state index is 8.62. The second kappa shape index (κ2) is 6.02. The summed E-state index contributed by atoms with van der Waals surface area (Å²) >= 11 is 0. The Labute approximate surface area is 76.2 Å².